The summed E-state index contributed by atoms with van der Waals surface area (Å²) >= 11 is 0. The second-order valence-electron chi connectivity index (χ2n) is 13.7. The van der Waals surface area contributed by atoms with Crippen molar-refractivity contribution in [1.29, 1.82) is 0 Å². The second kappa shape index (κ2) is 36.3. The number of Topliss-reactive ketones (excluding diaryl/α,β-unsaturated/α-hetero) is 2. The van der Waals surface area contributed by atoms with Crippen LogP contribution in [-0.4, -0.2) is 11.6 Å². The summed E-state index contributed by atoms with van der Waals surface area (Å²) in [6.07, 6.45) is 44.4. The number of carbonyl (C=O) groups excluding carboxylic acids is 2. The van der Waals surface area contributed by atoms with Gasteiger partial charge in [-0.2, -0.15) is 0 Å². The molecule has 0 aliphatic rings. The van der Waals surface area contributed by atoms with Crippen LogP contribution in [0.25, 0.3) is 0 Å². The quantitative estimate of drug-likeness (QED) is 0.0577. The van der Waals surface area contributed by atoms with Crippen LogP contribution in [0.3, 0.4) is 0 Å². The Hall–Kier alpha value is -1.22. The number of hydrogen-bond acceptors (Lipinski definition) is 3. The van der Waals surface area contributed by atoms with Crippen molar-refractivity contribution in [2.24, 2.45) is 11.8 Å². The Balaban J connectivity index is 0. The number of unbranched alkanes of at least 4 members (excludes halogenated alkanes) is 22. The predicted molar refractivity (Wildman–Crippen MR) is 197 cm³/mol. The van der Waals surface area contributed by atoms with Gasteiger partial charge < -0.3 is 6.15 Å². The highest BCUT2D eigenvalue weighted by Crippen LogP contribution is 2.22. The minimum absolute atomic E-state index is 0. The largest absolute Gasteiger partial charge is 0.344 e. The lowest BCUT2D eigenvalue weighted by molar-refractivity contribution is -0.129. The SMILES string of the molecule is CCCCCCCC/C=C\CCCCCCCC(=O)CC(C(=O)CCCCCCC/C=C\CCCCCCCC)C(C)C.N. The summed E-state index contributed by atoms with van der Waals surface area (Å²) < 4.78 is 0. The summed E-state index contributed by atoms with van der Waals surface area (Å²) in [7, 11) is 0. The molecule has 0 amide bonds. The zero-order valence-electron chi connectivity index (χ0n) is 30.5. The van der Waals surface area contributed by atoms with E-state index in [1.54, 1.807) is 0 Å². The molecule has 0 rings (SSSR count). The van der Waals surface area contributed by atoms with E-state index in [1.807, 2.05) is 0 Å². The van der Waals surface area contributed by atoms with Gasteiger partial charge in [-0.3, -0.25) is 9.59 Å². The fourth-order valence-electron chi connectivity index (χ4n) is 6.02. The maximum atomic E-state index is 12.9. The van der Waals surface area contributed by atoms with Gasteiger partial charge >= 0.3 is 0 Å². The lowest BCUT2D eigenvalue weighted by Crippen LogP contribution is -2.23. The van der Waals surface area contributed by atoms with E-state index < -0.39 is 0 Å². The van der Waals surface area contributed by atoms with Crippen LogP contribution >= 0.6 is 0 Å². The zero-order chi connectivity index (χ0) is 31.6. The smallest absolute Gasteiger partial charge is 0.136 e. The third kappa shape index (κ3) is 32.2. The van der Waals surface area contributed by atoms with Gasteiger partial charge in [-0.15, -0.1) is 0 Å². The van der Waals surface area contributed by atoms with E-state index in [0.717, 1.165) is 25.7 Å². The molecule has 3 N–H and O–H groups in total. The maximum absolute atomic E-state index is 12.9. The summed E-state index contributed by atoms with van der Waals surface area (Å²) in [6, 6.07) is 0. The van der Waals surface area contributed by atoms with Crippen molar-refractivity contribution in [2.45, 2.75) is 214 Å². The lowest BCUT2D eigenvalue weighted by atomic mass is 9.84. The minimum Gasteiger partial charge on any atom is -0.344 e. The van der Waals surface area contributed by atoms with Crippen LogP contribution in [0.15, 0.2) is 24.3 Å². The predicted octanol–water partition coefficient (Wildman–Crippen LogP) is 14.0. The lowest BCUT2D eigenvalue weighted by Gasteiger charge is -2.19. The van der Waals surface area contributed by atoms with Crippen LogP contribution in [-0.2, 0) is 9.59 Å². The van der Waals surface area contributed by atoms with Gasteiger partial charge in [0.15, 0.2) is 0 Å². The van der Waals surface area contributed by atoms with Crippen molar-refractivity contribution in [3.63, 3.8) is 0 Å². The molecule has 0 spiro atoms. The van der Waals surface area contributed by atoms with Crippen LogP contribution in [0, 0.1) is 11.8 Å². The molecule has 0 saturated carbocycles. The third-order valence-electron chi connectivity index (χ3n) is 9.07. The molecule has 0 aromatic heterocycles. The molecule has 0 radical (unpaired) electrons. The number of allylic oxidation sites excluding steroid dienone is 4. The van der Waals surface area contributed by atoms with Crippen LogP contribution in [0.2, 0.25) is 0 Å². The molecular weight excluding hydrogens is 538 g/mol. The maximum Gasteiger partial charge on any atom is 0.136 e. The van der Waals surface area contributed by atoms with Gasteiger partial charge in [0, 0.05) is 25.2 Å². The van der Waals surface area contributed by atoms with Crippen LogP contribution in [0.1, 0.15) is 214 Å². The highest BCUT2D eigenvalue weighted by molar-refractivity contribution is 5.88. The monoisotopic (exact) mass is 618 g/mol. The van der Waals surface area contributed by atoms with Gasteiger partial charge in [0.2, 0.25) is 0 Å². The first kappa shape index (κ1) is 44.9. The van der Waals surface area contributed by atoms with E-state index in [0.29, 0.717) is 30.8 Å². The van der Waals surface area contributed by atoms with Crippen LogP contribution < -0.4 is 6.15 Å². The van der Waals surface area contributed by atoms with Crippen molar-refractivity contribution in [3.05, 3.63) is 24.3 Å². The Labute approximate surface area is 276 Å². The van der Waals surface area contributed by atoms with Gasteiger partial charge in [0.25, 0.3) is 0 Å². The first-order valence-corrected chi connectivity index (χ1v) is 19.4. The summed E-state index contributed by atoms with van der Waals surface area (Å²) in [5, 5.41) is 0. The topological polar surface area (TPSA) is 69.1 Å². The first-order chi connectivity index (χ1) is 21.0. The molecule has 0 fully saturated rings. The van der Waals surface area contributed by atoms with E-state index in [4.69, 9.17) is 0 Å². The molecule has 0 saturated heterocycles. The molecule has 0 aliphatic heterocycles. The molecule has 0 bridgehead atoms. The molecule has 0 heterocycles. The number of rotatable bonds is 34. The van der Waals surface area contributed by atoms with E-state index in [9.17, 15) is 9.59 Å². The average Bonchev–Trinajstić information content (AvgIpc) is 2.99. The molecule has 1 atom stereocenters. The summed E-state index contributed by atoms with van der Waals surface area (Å²) in [6.45, 7) is 8.77. The fraction of sp³-hybridized carbons (Fsp3) is 0.854. The summed E-state index contributed by atoms with van der Waals surface area (Å²) in [5.41, 5.74) is 0. The number of ketones is 2. The molecule has 0 aliphatic carbocycles. The van der Waals surface area contributed by atoms with Gasteiger partial charge in [0.1, 0.15) is 11.6 Å². The van der Waals surface area contributed by atoms with E-state index >= 15 is 0 Å². The average molecular weight is 618 g/mol. The Morgan fingerprint density at radius 3 is 1.14 bits per heavy atom. The minimum atomic E-state index is -0.0765. The highest BCUT2D eigenvalue weighted by atomic mass is 16.1. The standard InChI is InChI=1S/C41H76O2.H3N/c1-5-7-9-11-13-15-17-19-21-23-25-27-29-31-33-35-39(42)37-40(38(3)4)41(43)36-34-32-30-28-26-24-22-20-18-16-14-12-10-8-6-2;/h19-22,38,40H,5-18,23-37H2,1-4H3;1H3/b21-19-,22-20-;. The van der Waals surface area contributed by atoms with Crippen LogP contribution in [0.4, 0.5) is 0 Å². The molecule has 1 unspecified atom stereocenters. The summed E-state index contributed by atoms with van der Waals surface area (Å²) in [5.74, 6) is 0.806. The van der Waals surface area contributed by atoms with Gasteiger partial charge in [-0.05, 0) is 70.1 Å². The number of carbonyl (C=O) groups is 2. The zero-order valence-corrected chi connectivity index (χ0v) is 30.5. The van der Waals surface area contributed by atoms with Crippen molar-refractivity contribution in [2.75, 3.05) is 0 Å². The van der Waals surface area contributed by atoms with Crippen molar-refractivity contribution >= 4 is 11.6 Å². The van der Waals surface area contributed by atoms with E-state index in [1.165, 1.54) is 141 Å². The molecule has 0 aromatic carbocycles. The van der Waals surface area contributed by atoms with Crippen LogP contribution in [0.5, 0.6) is 0 Å². The number of hydrogen-bond donors (Lipinski definition) is 1. The van der Waals surface area contributed by atoms with Gasteiger partial charge in [0.05, 0.1) is 0 Å². The summed E-state index contributed by atoms with van der Waals surface area (Å²) in [4.78, 5) is 25.5. The second-order valence-corrected chi connectivity index (χ2v) is 13.7. The van der Waals surface area contributed by atoms with Crippen molar-refractivity contribution in [1.82, 2.24) is 6.15 Å². The fourth-order valence-corrected chi connectivity index (χ4v) is 6.02. The Kier molecular flexibility index (Phi) is 37.0. The Morgan fingerprint density at radius 2 is 0.773 bits per heavy atom. The molecule has 3 nitrogen and oxygen atoms in total. The molecule has 3 heteroatoms. The normalized spacial score (nSPS) is 12.4. The van der Waals surface area contributed by atoms with Crippen molar-refractivity contribution in [3.8, 4) is 0 Å². The third-order valence-corrected chi connectivity index (χ3v) is 9.07. The Morgan fingerprint density at radius 1 is 0.455 bits per heavy atom. The molecule has 44 heavy (non-hydrogen) atoms. The molecular formula is C41H79NO2. The molecule has 0 aromatic rings. The van der Waals surface area contributed by atoms with Gasteiger partial charge in [-0.25, -0.2) is 0 Å². The molecule has 260 valence electrons. The first-order valence-electron chi connectivity index (χ1n) is 19.4. The van der Waals surface area contributed by atoms with E-state index in [2.05, 4.69) is 52.0 Å². The van der Waals surface area contributed by atoms with E-state index in [-0.39, 0.29) is 18.0 Å². The Bertz CT molecular complexity index is 666. The van der Waals surface area contributed by atoms with Gasteiger partial charge in [-0.1, -0.05) is 155 Å². The van der Waals surface area contributed by atoms with Crippen molar-refractivity contribution < 1.29 is 9.59 Å². The highest BCUT2D eigenvalue weighted by Gasteiger charge is 2.24.